The van der Waals surface area contributed by atoms with Crippen LogP contribution in [0.2, 0.25) is 0 Å². The molecule has 0 unspecified atom stereocenters. The maximum absolute atomic E-state index is 14.3. The van der Waals surface area contributed by atoms with Crippen LogP contribution >= 0.6 is 0 Å². The van der Waals surface area contributed by atoms with Crippen molar-refractivity contribution in [1.29, 1.82) is 0 Å². The van der Waals surface area contributed by atoms with Crippen LogP contribution in [0.3, 0.4) is 0 Å². The van der Waals surface area contributed by atoms with E-state index in [0.29, 0.717) is 12.8 Å². The number of rotatable bonds is 9. The SMILES string of the molecule is O=CNC(=O)/C(C(=O)NCC(=O)O)=C(/O)N(Cc1cccc(F)c1F)C1CCCCC1. The number of carbonyl (C=O) groups is 4. The van der Waals surface area contributed by atoms with E-state index in [1.807, 2.05) is 5.32 Å². The highest BCUT2D eigenvalue weighted by atomic mass is 19.2. The third-order valence-electron chi connectivity index (χ3n) is 4.93. The highest BCUT2D eigenvalue weighted by Crippen LogP contribution is 2.28. The Morgan fingerprint density at radius 3 is 2.39 bits per heavy atom. The Morgan fingerprint density at radius 1 is 1.10 bits per heavy atom. The zero-order chi connectivity index (χ0) is 23.0. The Labute approximate surface area is 176 Å². The first-order valence-electron chi connectivity index (χ1n) is 9.63. The molecule has 0 aromatic heterocycles. The largest absolute Gasteiger partial charge is 0.494 e. The lowest BCUT2D eigenvalue weighted by molar-refractivity contribution is -0.138. The van der Waals surface area contributed by atoms with Crippen LogP contribution in [0, 0.1) is 11.6 Å². The molecule has 1 aromatic carbocycles. The summed E-state index contributed by atoms with van der Waals surface area (Å²) in [6.45, 7) is -1.20. The van der Waals surface area contributed by atoms with E-state index in [-0.39, 0.29) is 18.5 Å². The minimum Gasteiger partial charge on any atom is -0.494 e. The molecular formula is C20H23F2N3O6. The summed E-state index contributed by atoms with van der Waals surface area (Å²) >= 11 is 0. The molecule has 11 heteroatoms. The number of nitrogens with one attached hydrogen (secondary N) is 2. The number of carbonyl (C=O) groups excluding carboxylic acids is 3. The second-order valence-electron chi connectivity index (χ2n) is 7.00. The van der Waals surface area contributed by atoms with E-state index in [1.165, 1.54) is 17.0 Å². The Balaban J connectivity index is 2.51. The smallest absolute Gasteiger partial charge is 0.322 e. The molecule has 0 atom stereocenters. The van der Waals surface area contributed by atoms with Crippen molar-refractivity contribution in [2.75, 3.05) is 6.54 Å². The molecular weight excluding hydrogens is 416 g/mol. The average molecular weight is 439 g/mol. The van der Waals surface area contributed by atoms with E-state index in [1.54, 1.807) is 5.32 Å². The van der Waals surface area contributed by atoms with E-state index >= 15 is 0 Å². The number of amides is 3. The van der Waals surface area contributed by atoms with E-state index < -0.39 is 53.5 Å². The molecule has 2 rings (SSSR count). The Hall–Kier alpha value is -3.50. The number of imide groups is 1. The summed E-state index contributed by atoms with van der Waals surface area (Å²) in [6.07, 6.45) is 3.60. The average Bonchev–Trinajstić information content (AvgIpc) is 2.74. The van der Waals surface area contributed by atoms with Crippen LogP contribution in [-0.2, 0) is 25.7 Å². The van der Waals surface area contributed by atoms with Gasteiger partial charge in [0.2, 0.25) is 12.3 Å². The summed E-state index contributed by atoms with van der Waals surface area (Å²) < 4.78 is 27.9. The molecule has 0 radical (unpaired) electrons. The molecule has 0 aliphatic heterocycles. The van der Waals surface area contributed by atoms with Gasteiger partial charge in [0.25, 0.3) is 11.8 Å². The number of halogens is 2. The molecule has 4 N–H and O–H groups in total. The van der Waals surface area contributed by atoms with E-state index in [2.05, 4.69) is 0 Å². The lowest BCUT2D eigenvalue weighted by Gasteiger charge is -2.36. The predicted octanol–water partition coefficient (Wildman–Crippen LogP) is 1.34. The van der Waals surface area contributed by atoms with Gasteiger partial charge in [0.05, 0.1) is 0 Å². The van der Waals surface area contributed by atoms with Crippen molar-refractivity contribution < 1.29 is 38.2 Å². The minimum atomic E-state index is -1.39. The molecule has 31 heavy (non-hydrogen) atoms. The monoisotopic (exact) mass is 439 g/mol. The zero-order valence-corrected chi connectivity index (χ0v) is 16.6. The van der Waals surface area contributed by atoms with Crippen molar-refractivity contribution in [1.82, 2.24) is 15.5 Å². The second kappa shape index (κ2) is 11.0. The normalized spacial score (nSPS) is 14.9. The van der Waals surface area contributed by atoms with E-state index in [0.717, 1.165) is 25.3 Å². The highest BCUT2D eigenvalue weighted by molar-refractivity contribution is 6.20. The summed E-state index contributed by atoms with van der Waals surface area (Å²) in [7, 11) is 0. The fraction of sp³-hybridized carbons (Fsp3) is 0.400. The number of carboxylic acid groups (broad SMARTS) is 1. The Kier molecular flexibility index (Phi) is 8.47. The van der Waals surface area contributed by atoms with Gasteiger partial charge in [0.15, 0.2) is 17.2 Å². The van der Waals surface area contributed by atoms with Gasteiger partial charge in [-0.05, 0) is 18.9 Å². The number of aliphatic hydroxyl groups is 1. The van der Waals surface area contributed by atoms with Crippen molar-refractivity contribution in [2.45, 2.75) is 44.7 Å². The van der Waals surface area contributed by atoms with Gasteiger partial charge in [0, 0.05) is 18.2 Å². The van der Waals surface area contributed by atoms with Crippen molar-refractivity contribution in [3.05, 3.63) is 46.9 Å². The molecule has 0 heterocycles. The molecule has 9 nitrogen and oxygen atoms in total. The van der Waals surface area contributed by atoms with E-state index in [9.17, 15) is 33.1 Å². The fourth-order valence-electron chi connectivity index (χ4n) is 3.44. The molecule has 168 valence electrons. The number of hydrogen-bond acceptors (Lipinski definition) is 6. The van der Waals surface area contributed by atoms with Crippen LogP contribution in [0.25, 0.3) is 0 Å². The number of nitrogens with zero attached hydrogens (tertiary/aromatic N) is 1. The molecule has 0 saturated heterocycles. The summed E-state index contributed by atoms with van der Waals surface area (Å²) in [4.78, 5) is 47.4. The first kappa shape index (κ1) is 23.8. The molecule has 1 aliphatic rings. The van der Waals surface area contributed by atoms with Gasteiger partial charge in [-0.15, -0.1) is 0 Å². The van der Waals surface area contributed by atoms with E-state index in [4.69, 9.17) is 5.11 Å². The number of carboxylic acids is 1. The lowest BCUT2D eigenvalue weighted by atomic mass is 9.93. The highest BCUT2D eigenvalue weighted by Gasteiger charge is 2.32. The predicted molar refractivity (Wildman–Crippen MR) is 103 cm³/mol. The molecule has 3 amide bonds. The van der Waals surface area contributed by atoms with Gasteiger partial charge in [-0.2, -0.15) is 0 Å². The van der Waals surface area contributed by atoms with Gasteiger partial charge in [-0.3, -0.25) is 24.5 Å². The maximum Gasteiger partial charge on any atom is 0.322 e. The van der Waals surface area contributed by atoms with Crippen molar-refractivity contribution >= 4 is 24.2 Å². The Morgan fingerprint density at radius 2 is 1.77 bits per heavy atom. The summed E-state index contributed by atoms with van der Waals surface area (Å²) in [5, 5.41) is 23.3. The van der Waals surface area contributed by atoms with Gasteiger partial charge in [-0.25, -0.2) is 8.78 Å². The van der Waals surface area contributed by atoms with Crippen molar-refractivity contribution in [3.63, 3.8) is 0 Å². The first-order chi connectivity index (χ1) is 14.8. The molecule has 0 spiro atoms. The van der Waals surface area contributed by atoms with Crippen LogP contribution < -0.4 is 10.6 Å². The van der Waals surface area contributed by atoms with Crippen molar-refractivity contribution in [3.8, 4) is 0 Å². The minimum absolute atomic E-state index is 0.00270. The second-order valence-corrected chi connectivity index (χ2v) is 7.00. The summed E-state index contributed by atoms with van der Waals surface area (Å²) in [5.74, 6) is -6.99. The molecule has 1 fully saturated rings. The fourth-order valence-corrected chi connectivity index (χ4v) is 3.44. The van der Waals surface area contributed by atoms with Crippen LogP contribution in [0.1, 0.15) is 37.7 Å². The standard InChI is InChI=1S/C20H23F2N3O6/c21-14-8-4-5-12(17(14)22)10-25(13-6-2-1-3-7-13)20(31)16(19(30)24-11-26)18(29)23-9-15(27)28/h4-5,8,11,13,31H,1-3,6-7,9-10H2,(H,23,29)(H,27,28)(H,24,26,30)/b20-16+. The quantitative estimate of drug-likeness (QED) is 0.150. The molecule has 1 aliphatic carbocycles. The van der Waals surface area contributed by atoms with Crippen LogP contribution in [-0.4, -0.2) is 51.9 Å². The molecule has 1 saturated carbocycles. The van der Waals surface area contributed by atoms with Gasteiger partial charge >= 0.3 is 5.97 Å². The van der Waals surface area contributed by atoms with Gasteiger partial charge < -0.3 is 20.4 Å². The number of hydrogen-bond donors (Lipinski definition) is 4. The van der Waals surface area contributed by atoms with Gasteiger partial charge in [0.1, 0.15) is 6.54 Å². The number of aliphatic hydroxyl groups excluding tert-OH is 1. The van der Waals surface area contributed by atoms with Crippen LogP contribution in [0.15, 0.2) is 29.7 Å². The maximum atomic E-state index is 14.3. The zero-order valence-electron chi connectivity index (χ0n) is 16.6. The summed E-state index contributed by atoms with van der Waals surface area (Å²) in [6, 6.07) is 3.12. The molecule has 1 aromatic rings. The third-order valence-corrected chi connectivity index (χ3v) is 4.93. The number of aliphatic carboxylic acids is 1. The summed E-state index contributed by atoms with van der Waals surface area (Å²) in [5.41, 5.74) is -1.02. The van der Waals surface area contributed by atoms with Crippen molar-refractivity contribution in [2.24, 2.45) is 0 Å². The Bertz CT molecular complexity index is 884. The van der Waals surface area contributed by atoms with Crippen LogP contribution in [0.4, 0.5) is 8.78 Å². The third kappa shape index (κ3) is 6.24. The number of benzene rings is 1. The van der Waals surface area contributed by atoms with Gasteiger partial charge in [-0.1, -0.05) is 31.4 Å². The topological polar surface area (TPSA) is 136 Å². The van der Waals surface area contributed by atoms with Crippen LogP contribution in [0.5, 0.6) is 0 Å². The molecule has 0 bridgehead atoms. The lowest BCUT2D eigenvalue weighted by Crippen LogP contribution is -2.42. The first-order valence-corrected chi connectivity index (χ1v) is 9.63.